The maximum Gasteiger partial charge on any atom is 0.344 e. The van der Waals surface area contributed by atoms with Crippen LogP contribution < -0.4 is 4.74 Å². The molecule has 3 aromatic rings. The van der Waals surface area contributed by atoms with Crippen molar-refractivity contribution in [3.63, 3.8) is 0 Å². The molecule has 0 N–H and O–H groups in total. The second kappa shape index (κ2) is 7.67. The zero-order chi connectivity index (χ0) is 19.6. The molecule has 0 aliphatic rings. The Bertz CT molecular complexity index is 941. The van der Waals surface area contributed by atoms with E-state index >= 15 is 0 Å². The lowest BCUT2D eigenvalue weighted by Gasteiger charge is -2.08. The molecule has 10 heteroatoms. The Morgan fingerprint density at radius 3 is 2.59 bits per heavy atom. The smallest absolute Gasteiger partial charge is 0.344 e. The summed E-state index contributed by atoms with van der Waals surface area (Å²) in [5.41, 5.74) is -0.246. The molecule has 0 spiro atoms. The van der Waals surface area contributed by atoms with E-state index in [0.29, 0.717) is 6.07 Å². The fourth-order valence-electron chi connectivity index (χ4n) is 2.20. The SMILES string of the molecule is COC(=O)COc1nc(-c2ccc(F)cc2F)n(-c2ccc(Cl)cc2F)n1. The average Bonchev–Trinajstić information content (AvgIpc) is 3.03. The van der Waals surface area contributed by atoms with Crippen LogP contribution in [0.1, 0.15) is 0 Å². The fraction of sp³-hybridized carbons (Fsp3) is 0.118. The molecule has 0 radical (unpaired) electrons. The molecular formula is C17H11ClF3N3O3. The van der Waals surface area contributed by atoms with Crippen molar-refractivity contribution < 1.29 is 27.4 Å². The molecule has 0 aliphatic carbocycles. The van der Waals surface area contributed by atoms with Gasteiger partial charge in [0, 0.05) is 11.1 Å². The Balaban J connectivity index is 2.11. The lowest BCUT2D eigenvalue weighted by Crippen LogP contribution is -2.13. The number of hydrogen-bond donors (Lipinski definition) is 0. The van der Waals surface area contributed by atoms with Gasteiger partial charge in [-0.25, -0.2) is 22.6 Å². The molecule has 0 amide bonds. The van der Waals surface area contributed by atoms with Crippen molar-refractivity contribution in [1.82, 2.24) is 14.8 Å². The average molecular weight is 398 g/mol. The van der Waals surface area contributed by atoms with Crippen molar-refractivity contribution in [2.75, 3.05) is 13.7 Å². The van der Waals surface area contributed by atoms with Crippen LogP contribution in [-0.2, 0) is 9.53 Å². The molecule has 0 unspecified atom stereocenters. The van der Waals surface area contributed by atoms with Gasteiger partial charge in [-0.2, -0.15) is 4.98 Å². The van der Waals surface area contributed by atoms with Gasteiger partial charge in [0.2, 0.25) is 0 Å². The molecule has 1 aromatic heterocycles. The van der Waals surface area contributed by atoms with Crippen molar-refractivity contribution >= 4 is 17.6 Å². The van der Waals surface area contributed by atoms with Crippen LogP contribution in [-0.4, -0.2) is 34.5 Å². The van der Waals surface area contributed by atoms with Gasteiger partial charge in [-0.15, -0.1) is 5.10 Å². The summed E-state index contributed by atoms with van der Waals surface area (Å²) in [4.78, 5) is 15.2. The predicted octanol–water partition coefficient (Wildman–Crippen LogP) is 3.56. The van der Waals surface area contributed by atoms with Gasteiger partial charge in [0.25, 0.3) is 0 Å². The van der Waals surface area contributed by atoms with Crippen LogP contribution in [0, 0.1) is 17.5 Å². The first-order valence-electron chi connectivity index (χ1n) is 7.46. The van der Waals surface area contributed by atoms with Crippen molar-refractivity contribution in [3.8, 4) is 23.1 Å². The van der Waals surface area contributed by atoms with Crippen LogP contribution >= 0.6 is 11.6 Å². The van der Waals surface area contributed by atoms with E-state index in [0.717, 1.165) is 22.9 Å². The summed E-state index contributed by atoms with van der Waals surface area (Å²) in [6.07, 6.45) is 0. The molecule has 1 heterocycles. The summed E-state index contributed by atoms with van der Waals surface area (Å²) >= 11 is 5.75. The molecule has 0 atom stereocenters. The van der Waals surface area contributed by atoms with E-state index < -0.39 is 30.0 Å². The van der Waals surface area contributed by atoms with E-state index in [2.05, 4.69) is 14.8 Å². The highest BCUT2D eigenvalue weighted by Crippen LogP contribution is 2.28. The van der Waals surface area contributed by atoms with Gasteiger partial charge in [-0.05, 0) is 30.3 Å². The maximum atomic E-state index is 14.3. The predicted molar refractivity (Wildman–Crippen MR) is 89.2 cm³/mol. The normalized spacial score (nSPS) is 10.7. The van der Waals surface area contributed by atoms with Crippen LogP contribution in [0.3, 0.4) is 0 Å². The van der Waals surface area contributed by atoms with Crippen molar-refractivity contribution in [3.05, 3.63) is 58.9 Å². The van der Waals surface area contributed by atoms with E-state index in [4.69, 9.17) is 16.3 Å². The maximum absolute atomic E-state index is 14.3. The zero-order valence-corrected chi connectivity index (χ0v) is 14.5. The van der Waals surface area contributed by atoms with Crippen LogP contribution in [0.5, 0.6) is 6.01 Å². The Kier molecular flexibility index (Phi) is 5.31. The monoisotopic (exact) mass is 397 g/mol. The number of benzene rings is 2. The minimum atomic E-state index is -0.933. The number of ether oxygens (including phenoxy) is 2. The molecule has 0 aliphatic heterocycles. The number of rotatable bonds is 5. The van der Waals surface area contributed by atoms with Gasteiger partial charge in [0.15, 0.2) is 12.4 Å². The first-order chi connectivity index (χ1) is 12.9. The number of carbonyl (C=O) groups is 1. The van der Waals surface area contributed by atoms with Crippen LogP contribution in [0.4, 0.5) is 13.2 Å². The standard InChI is InChI=1S/C17H11ClF3N3O3/c1-26-15(25)8-27-17-22-16(11-4-3-10(19)7-12(11)20)24(23-17)14-5-2-9(18)6-13(14)21/h2-7H,8H2,1H3. The largest absolute Gasteiger partial charge is 0.466 e. The summed E-state index contributed by atoms with van der Waals surface area (Å²) in [6, 6.07) is 6.23. The summed E-state index contributed by atoms with van der Waals surface area (Å²) in [5, 5.41) is 4.10. The summed E-state index contributed by atoms with van der Waals surface area (Å²) < 4.78 is 52.3. The molecule has 0 bridgehead atoms. The van der Waals surface area contributed by atoms with E-state index in [1.54, 1.807) is 0 Å². The Morgan fingerprint density at radius 1 is 1.15 bits per heavy atom. The topological polar surface area (TPSA) is 66.2 Å². The molecule has 0 saturated heterocycles. The highest BCUT2D eigenvalue weighted by atomic mass is 35.5. The van der Waals surface area contributed by atoms with E-state index in [-0.39, 0.29) is 28.1 Å². The minimum Gasteiger partial charge on any atom is -0.466 e. The molecule has 2 aromatic carbocycles. The molecule has 0 saturated carbocycles. The van der Waals surface area contributed by atoms with Gasteiger partial charge in [-0.1, -0.05) is 11.6 Å². The van der Waals surface area contributed by atoms with Gasteiger partial charge >= 0.3 is 12.0 Å². The quantitative estimate of drug-likeness (QED) is 0.616. The Hall–Kier alpha value is -3.07. The van der Waals surface area contributed by atoms with E-state index in [1.165, 1.54) is 19.2 Å². The fourth-order valence-corrected chi connectivity index (χ4v) is 2.36. The summed E-state index contributed by atoms with van der Waals surface area (Å²) in [6.45, 7) is -0.505. The minimum absolute atomic E-state index is 0.0986. The molecule has 6 nitrogen and oxygen atoms in total. The first kappa shape index (κ1) is 18.7. The van der Waals surface area contributed by atoms with Gasteiger partial charge in [-0.3, -0.25) is 0 Å². The lowest BCUT2D eigenvalue weighted by molar-refractivity contribution is -0.143. The van der Waals surface area contributed by atoms with Crippen molar-refractivity contribution in [1.29, 1.82) is 0 Å². The number of hydrogen-bond acceptors (Lipinski definition) is 5. The summed E-state index contributed by atoms with van der Waals surface area (Å²) in [5.74, 6) is -3.33. The third-order valence-electron chi connectivity index (χ3n) is 3.44. The van der Waals surface area contributed by atoms with Crippen LogP contribution in [0.15, 0.2) is 36.4 Å². The number of halogens is 4. The second-order valence-electron chi connectivity index (χ2n) is 5.21. The number of aromatic nitrogens is 3. The molecule has 3 rings (SSSR count). The molecule has 27 heavy (non-hydrogen) atoms. The highest BCUT2D eigenvalue weighted by molar-refractivity contribution is 6.30. The van der Waals surface area contributed by atoms with Gasteiger partial charge in [0.05, 0.1) is 12.7 Å². The number of nitrogens with zero attached hydrogens (tertiary/aromatic N) is 3. The zero-order valence-electron chi connectivity index (χ0n) is 13.7. The second-order valence-corrected chi connectivity index (χ2v) is 5.65. The Morgan fingerprint density at radius 2 is 1.93 bits per heavy atom. The van der Waals surface area contributed by atoms with Crippen LogP contribution in [0.25, 0.3) is 17.1 Å². The molecule has 140 valence electrons. The van der Waals surface area contributed by atoms with Gasteiger partial charge in [0.1, 0.15) is 23.1 Å². The van der Waals surface area contributed by atoms with E-state index in [1.807, 2.05) is 0 Å². The lowest BCUT2D eigenvalue weighted by atomic mass is 10.2. The van der Waals surface area contributed by atoms with E-state index in [9.17, 15) is 18.0 Å². The van der Waals surface area contributed by atoms with Crippen LogP contribution in [0.2, 0.25) is 5.02 Å². The number of esters is 1. The molecule has 0 fully saturated rings. The highest BCUT2D eigenvalue weighted by Gasteiger charge is 2.21. The third-order valence-corrected chi connectivity index (χ3v) is 3.68. The Labute approximate surface area is 156 Å². The van der Waals surface area contributed by atoms with Crippen molar-refractivity contribution in [2.45, 2.75) is 0 Å². The third kappa shape index (κ3) is 4.03. The van der Waals surface area contributed by atoms with Gasteiger partial charge < -0.3 is 9.47 Å². The molecular weight excluding hydrogens is 387 g/mol. The first-order valence-corrected chi connectivity index (χ1v) is 7.84. The number of methoxy groups -OCH3 is 1. The number of carbonyl (C=O) groups excluding carboxylic acids is 1. The summed E-state index contributed by atoms with van der Waals surface area (Å²) in [7, 11) is 1.17. The van der Waals surface area contributed by atoms with Crippen molar-refractivity contribution in [2.24, 2.45) is 0 Å².